The molecule has 106 valence electrons. The van der Waals surface area contributed by atoms with E-state index in [2.05, 4.69) is 17.2 Å². The summed E-state index contributed by atoms with van der Waals surface area (Å²) in [6.45, 7) is 2.74. The summed E-state index contributed by atoms with van der Waals surface area (Å²) in [5.74, 6) is 1.07. The molecule has 0 radical (unpaired) electrons. The van der Waals surface area contributed by atoms with E-state index < -0.39 is 0 Å². The Morgan fingerprint density at radius 2 is 2.47 bits per heavy atom. The quantitative estimate of drug-likeness (QED) is 0.843. The van der Waals surface area contributed by atoms with Crippen molar-refractivity contribution in [1.29, 1.82) is 0 Å². The first-order chi connectivity index (χ1) is 9.24. The van der Waals surface area contributed by atoms with Gasteiger partial charge in [-0.2, -0.15) is 11.8 Å². The number of carbonyl (C=O) groups excluding carboxylic acids is 1. The zero-order chi connectivity index (χ0) is 13.7. The van der Waals surface area contributed by atoms with Gasteiger partial charge in [-0.25, -0.2) is 4.98 Å². The molecule has 1 aromatic rings. The molecule has 19 heavy (non-hydrogen) atoms. The Morgan fingerprint density at radius 3 is 3.21 bits per heavy atom. The highest BCUT2D eigenvalue weighted by Crippen LogP contribution is 2.30. The van der Waals surface area contributed by atoms with E-state index in [1.54, 1.807) is 0 Å². The molecule has 1 fully saturated rings. The molecule has 3 N–H and O–H groups in total. The zero-order valence-electron chi connectivity index (χ0n) is 11.2. The van der Waals surface area contributed by atoms with Crippen LogP contribution in [0.15, 0.2) is 5.38 Å². The maximum atomic E-state index is 12.2. The van der Waals surface area contributed by atoms with Crippen molar-refractivity contribution in [3.63, 3.8) is 0 Å². The average Bonchev–Trinajstić information content (AvgIpc) is 3.01. The van der Waals surface area contributed by atoms with Crippen molar-refractivity contribution in [3.05, 3.63) is 16.1 Å². The highest BCUT2D eigenvalue weighted by Gasteiger charge is 2.29. The van der Waals surface area contributed by atoms with E-state index in [4.69, 9.17) is 5.73 Å². The van der Waals surface area contributed by atoms with Crippen molar-refractivity contribution in [2.45, 2.75) is 43.9 Å². The zero-order valence-corrected chi connectivity index (χ0v) is 12.9. The molecule has 2 rings (SSSR count). The highest BCUT2D eigenvalue weighted by molar-refractivity contribution is 7.99. The monoisotopic (exact) mass is 299 g/mol. The number of nitrogens with two attached hydrogens (primary N) is 1. The van der Waals surface area contributed by atoms with Gasteiger partial charge in [0, 0.05) is 23.1 Å². The summed E-state index contributed by atoms with van der Waals surface area (Å²) in [6, 6.07) is 0.303. The molecule has 1 aliphatic rings. The van der Waals surface area contributed by atoms with Crippen LogP contribution in [0.3, 0.4) is 0 Å². The van der Waals surface area contributed by atoms with Crippen LogP contribution in [0.4, 0.5) is 0 Å². The fourth-order valence-electron chi connectivity index (χ4n) is 2.40. The third-order valence-corrected chi connectivity index (χ3v) is 5.53. The number of rotatable bonds is 6. The number of nitrogens with zero attached hydrogens (tertiary/aromatic N) is 1. The van der Waals surface area contributed by atoms with Gasteiger partial charge in [-0.1, -0.05) is 13.3 Å². The summed E-state index contributed by atoms with van der Waals surface area (Å²) in [5.41, 5.74) is 6.04. The van der Waals surface area contributed by atoms with Crippen molar-refractivity contribution in [2.75, 3.05) is 12.3 Å². The van der Waals surface area contributed by atoms with E-state index >= 15 is 0 Å². The molecule has 4 nitrogen and oxygen atoms in total. The number of nitrogens with one attached hydrogen (secondary N) is 1. The lowest BCUT2D eigenvalue weighted by atomic mass is 10.2. The first kappa shape index (κ1) is 14.8. The first-order valence-electron chi connectivity index (χ1n) is 6.81. The average molecular weight is 299 g/mol. The number of thioether (sulfide) groups is 1. The summed E-state index contributed by atoms with van der Waals surface area (Å²) >= 11 is 3.46. The number of carbonyl (C=O) groups is 1. The SMILES string of the molecule is CCSC1CCCC1NC(=O)c1csc(CCN)n1. The molecule has 2 unspecified atom stereocenters. The Morgan fingerprint density at radius 1 is 1.63 bits per heavy atom. The molecule has 0 saturated heterocycles. The van der Waals surface area contributed by atoms with Gasteiger partial charge >= 0.3 is 0 Å². The molecule has 2 atom stereocenters. The third-order valence-electron chi connectivity index (χ3n) is 3.29. The smallest absolute Gasteiger partial charge is 0.271 e. The van der Waals surface area contributed by atoms with E-state index in [-0.39, 0.29) is 5.91 Å². The molecule has 0 bridgehead atoms. The van der Waals surface area contributed by atoms with Crippen LogP contribution in [-0.4, -0.2) is 34.5 Å². The second-order valence-electron chi connectivity index (χ2n) is 4.67. The molecule has 1 aromatic heterocycles. The fraction of sp³-hybridized carbons (Fsp3) is 0.692. The number of hydrogen-bond donors (Lipinski definition) is 2. The molecule has 1 heterocycles. The molecule has 0 aromatic carbocycles. The first-order valence-corrected chi connectivity index (χ1v) is 8.74. The maximum absolute atomic E-state index is 12.2. The van der Waals surface area contributed by atoms with Gasteiger partial charge in [0.15, 0.2) is 0 Å². The minimum Gasteiger partial charge on any atom is -0.347 e. The van der Waals surface area contributed by atoms with Crippen LogP contribution in [0.1, 0.15) is 41.7 Å². The van der Waals surface area contributed by atoms with Gasteiger partial charge in [0.1, 0.15) is 5.69 Å². The van der Waals surface area contributed by atoms with Crippen LogP contribution < -0.4 is 11.1 Å². The molecule has 1 aliphatic carbocycles. The maximum Gasteiger partial charge on any atom is 0.271 e. The van der Waals surface area contributed by atoms with Gasteiger partial charge in [-0.05, 0) is 25.1 Å². The van der Waals surface area contributed by atoms with E-state index in [0.29, 0.717) is 23.5 Å². The topological polar surface area (TPSA) is 68.0 Å². The van der Waals surface area contributed by atoms with Crippen LogP contribution in [-0.2, 0) is 6.42 Å². The van der Waals surface area contributed by atoms with Gasteiger partial charge in [-0.3, -0.25) is 4.79 Å². The van der Waals surface area contributed by atoms with E-state index in [1.165, 1.54) is 24.2 Å². The van der Waals surface area contributed by atoms with Crippen molar-refractivity contribution in [1.82, 2.24) is 10.3 Å². The summed E-state index contributed by atoms with van der Waals surface area (Å²) in [5, 5.41) is 6.48. The van der Waals surface area contributed by atoms with E-state index in [9.17, 15) is 4.79 Å². The van der Waals surface area contributed by atoms with Crippen molar-refractivity contribution in [3.8, 4) is 0 Å². The van der Waals surface area contributed by atoms with Gasteiger partial charge < -0.3 is 11.1 Å². The minimum atomic E-state index is -0.0341. The van der Waals surface area contributed by atoms with Crippen molar-refractivity contribution < 1.29 is 4.79 Å². The van der Waals surface area contributed by atoms with Crippen LogP contribution in [0, 0.1) is 0 Å². The van der Waals surface area contributed by atoms with Crippen LogP contribution in [0.25, 0.3) is 0 Å². The summed E-state index contributed by atoms with van der Waals surface area (Å²) in [7, 11) is 0. The van der Waals surface area contributed by atoms with Crippen LogP contribution >= 0.6 is 23.1 Å². The van der Waals surface area contributed by atoms with Gasteiger partial charge in [0.2, 0.25) is 0 Å². The lowest BCUT2D eigenvalue weighted by Crippen LogP contribution is -2.39. The minimum absolute atomic E-state index is 0.0341. The van der Waals surface area contributed by atoms with E-state index in [1.807, 2.05) is 17.1 Å². The van der Waals surface area contributed by atoms with Crippen molar-refractivity contribution >= 4 is 29.0 Å². The molecule has 6 heteroatoms. The number of aromatic nitrogens is 1. The van der Waals surface area contributed by atoms with Crippen molar-refractivity contribution in [2.24, 2.45) is 5.73 Å². The summed E-state index contributed by atoms with van der Waals surface area (Å²) in [6.07, 6.45) is 4.25. The Labute approximate surface area is 122 Å². The molecule has 1 amide bonds. The van der Waals surface area contributed by atoms with Gasteiger partial charge in [0.25, 0.3) is 5.91 Å². The normalized spacial score (nSPS) is 22.6. The van der Waals surface area contributed by atoms with Gasteiger partial charge in [-0.15, -0.1) is 11.3 Å². The fourth-order valence-corrected chi connectivity index (χ4v) is 4.39. The highest BCUT2D eigenvalue weighted by atomic mass is 32.2. The number of thiazole rings is 1. The predicted molar refractivity (Wildman–Crippen MR) is 81.9 cm³/mol. The van der Waals surface area contributed by atoms with Gasteiger partial charge in [0.05, 0.1) is 5.01 Å². The Bertz CT molecular complexity index is 422. The van der Waals surface area contributed by atoms with Crippen LogP contribution in [0.2, 0.25) is 0 Å². The second kappa shape index (κ2) is 7.26. The summed E-state index contributed by atoms with van der Waals surface area (Å²) in [4.78, 5) is 16.5. The lowest BCUT2D eigenvalue weighted by Gasteiger charge is -2.19. The summed E-state index contributed by atoms with van der Waals surface area (Å²) < 4.78 is 0. The Kier molecular flexibility index (Phi) is 5.66. The number of amides is 1. The third kappa shape index (κ3) is 3.94. The number of hydrogen-bond acceptors (Lipinski definition) is 5. The van der Waals surface area contributed by atoms with Crippen LogP contribution in [0.5, 0.6) is 0 Å². The largest absolute Gasteiger partial charge is 0.347 e. The Hall–Kier alpha value is -0.590. The Balaban J connectivity index is 1.92. The molecular formula is C13H21N3OS2. The van der Waals surface area contributed by atoms with E-state index in [0.717, 1.165) is 23.6 Å². The lowest BCUT2D eigenvalue weighted by molar-refractivity contribution is 0.0934. The molecular weight excluding hydrogens is 278 g/mol. The predicted octanol–water partition coefficient (Wildman–Crippen LogP) is 2.05. The molecule has 1 saturated carbocycles. The molecule has 0 spiro atoms. The molecule has 0 aliphatic heterocycles. The second-order valence-corrected chi connectivity index (χ2v) is 7.13. The standard InChI is InChI=1S/C13H21N3OS2/c1-2-18-11-5-3-4-9(11)16-13(17)10-8-19-12(15-10)6-7-14/h8-9,11H,2-7,14H2,1H3,(H,16,17).